The zero-order chi connectivity index (χ0) is 18.4. The molecule has 0 aromatic heterocycles. The van der Waals surface area contributed by atoms with Gasteiger partial charge in [-0.25, -0.2) is 0 Å². The number of hydrogen-bond acceptors (Lipinski definition) is 3. The quantitative estimate of drug-likeness (QED) is 0.806. The lowest BCUT2D eigenvalue weighted by molar-refractivity contribution is 0.328. The van der Waals surface area contributed by atoms with E-state index in [2.05, 4.69) is 62.5 Å². The van der Waals surface area contributed by atoms with E-state index in [9.17, 15) is 0 Å². The van der Waals surface area contributed by atoms with Gasteiger partial charge in [0.05, 0.1) is 5.92 Å². The first-order valence-electron chi connectivity index (χ1n) is 9.42. The van der Waals surface area contributed by atoms with Crippen LogP contribution in [0.5, 0.6) is 5.75 Å². The van der Waals surface area contributed by atoms with Gasteiger partial charge in [0, 0.05) is 18.5 Å². The van der Waals surface area contributed by atoms with E-state index < -0.39 is 0 Å². The second kappa shape index (κ2) is 8.81. The lowest BCUT2D eigenvalue weighted by Crippen LogP contribution is -2.11. The first-order chi connectivity index (χ1) is 12.7. The molecule has 0 spiro atoms. The Bertz CT molecular complexity index is 808. The van der Waals surface area contributed by atoms with Crippen molar-refractivity contribution < 1.29 is 4.74 Å². The predicted octanol–water partition coefficient (Wildman–Crippen LogP) is 4.91. The summed E-state index contributed by atoms with van der Waals surface area (Å²) in [5.41, 5.74) is 11.9. The topological polar surface area (TPSA) is 47.6 Å². The molecule has 0 fully saturated rings. The zero-order valence-electron chi connectivity index (χ0n) is 15.7. The van der Waals surface area contributed by atoms with E-state index >= 15 is 0 Å². The molecule has 1 atom stereocenters. The van der Waals surface area contributed by atoms with E-state index in [1.165, 1.54) is 22.3 Å². The highest BCUT2D eigenvalue weighted by molar-refractivity contribution is 5.61. The zero-order valence-corrected chi connectivity index (χ0v) is 15.7. The number of aliphatic imine (C=N–C) groups is 1. The van der Waals surface area contributed by atoms with Gasteiger partial charge in [0.2, 0.25) is 0 Å². The van der Waals surface area contributed by atoms with Crippen LogP contribution < -0.4 is 10.5 Å². The van der Waals surface area contributed by atoms with E-state index in [0.29, 0.717) is 13.2 Å². The van der Waals surface area contributed by atoms with E-state index in [1.807, 2.05) is 6.07 Å². The highest BCUT2D eigenvalue weighted by atomic mass is 16.5. The number of rotatable bonds is 6. The van der Waals surface area contributed by atoms with Crippen molar-refractivity contribution in [3.05, 3.63) is 76.5 Å². The summed E-state index contributed by atoms with van der Waals surface area (Å²) in [6, 6.07) is 14.9. The molecule has 136 valence electrons. The molecule has 3 nitrogen and oxygen atoms in total. The first-order valence-corrected chi connectivity index (χ1v) is 9.42. The van der Waals surface area contributed by atoms with Gasteiger partial charge in [0.1, 0.15) is 12.4 Å². The molecule has 0 amide bonds. The maximum absolute atomic E-state index is 5.76. The summed E-state index contributed by atoms with van der Waals surface area (Å²) in [5.74, 6) is 0.979. The molecule has 1 heterocycles. The molecule has 2 N–H and O–H groups in total. The van der Waals surface area contributed by atoms with Gasteiger partial charge in [0.15, 0.2) is 0 Å². The molecular weight excluding hydrogens is 320 g/mol. The fourth-order valence-electron chi connectivity index (χ4n) is 3.43. The van der Waals surface area contributed by atoms with Gasteiger partial charge in [-0.05, 0) is 67.5 Å². The predicted molar refractivity (Wildman–Crippen MR) is 109 cm³/mol. The summed E-state index contributed by atoms with van der Waals surface area (Å²) in [6.07, 6.45) is 7.63. The largest absolute Gasteiger partial charge is 0.492 e. The Kier molecular flexibility index (Phi) is 6.24. The van der Waals surface area contributed by atoms with Gasteiger partial charge in [-0.15, -0.1) is 0 Å². The highest BCUT2D eigenvalue weighted by Gasteiger charge is 2.22. The summed E-state index contributed by atoms with van der Waals surface area (Å²) in [6.45, 7) is 5.41. The van der Waals surface area contributed by atoms with Crippen LogP contribution in [0.25, 0.3) is 0 Å². The Morgan fingerprint density at radius 2 is 1.96 bits per heavy atom. The Morgan fingerprint density at radius 3 is 2.81 bits per heavy atom. The monoisotopic (exact) mass is 348 g/mol. The smallest absolute Gasteiger partial charge is 0.119 e. The van der Waals surface area contributed by atoms with Crippen LogP contribution in [0.15, 0.2) is 59.2 Å². The third-order valence-corrected chi connectivity index (χ3v) is 4.96. The third kappa shape index (κ3) is 4.23. The van der Waals surface area contributed by atoms with E-state index in [1.54, 1.807) is 0 Å². The van der Waals surface area contributed by atoms with Crippen molar-refractivity contribution >= 4 is 6.21 Å². The molecule has 26 heavy (non-hydrogen) atoms. The van der Waals surface area contributed by atoms with Crippen molar-refractivity contribution in [1.29, 1.82) is 0 Å². The molecular formula is C23H28N2O. The van der Waals surface area contributed by atoms with E-state index in [-0.39, 0.29) is 5.92 Å². The number of aryl methyl sites for hydroxylation is 1. The number of benzene rings is 2. The van der Waals surface area contributed by atoms with Crippen molar-refractivity contribution in [3.63, 3.8) is 0 Å². The Labute approximate surface area is 156 Å². The normalized spacial score (nSPS) is 15.3. The van der Waals surface area contributed by atoms with Crippen molar-refractivity contribution in [3.8, 4) is 5.75 Å². The van der Waals surface area contributed by atoms with Crippen LogP contribution in [0.3, 0.4) is 0 Å². The maximum atomic E-state index is 5.76. The van der Waals surface area contributed by atoms with Gasteiger partial charge in [-0.2, -0.15) is 0 Å². The molecule has 2 aromatic carbocycles. The van der Waals surface area contributed by atoms with E-state index in [0.717, 1.165) is 30.7 Å². The second-order valence-corrected chi connectivity index (χ2v) is 6.80. The molecule has 0 bridgehead atoms. The maximum Gasteiger partial charge on any atom is 0.119 e. The fourth-order valence-corrected chi connectivity index (χ4v) is 3.43. The summed E-state index contributed by atoms with van der Waals surface area (Å²) >= 11 is 0. The molecule has 0 saturated carbocycles. The van der Waals surface area contributed by atoms with Crippen LogP contribution in [0.1, 0.15) is 47.4 Å². The molecule has 0 saturated heterocycles. The van der Waals surface area contributed by atoms with Crippen LogP contribution in [0, 0.1) is 13.8 Å². The van der Waals surface area contributed by atoms with Gasteiger partial charge in [-0.3, -0.25) is 4.99 Å². The molecule has 0 radical (unpaired) electrons. The van der Waals surface area contributed by atoms with Crippen molar-refractivity contribution in [2.24, 2.45) is 10.7 Å². The second-order valence-electron chi connectivity index (χ2n) is 6.80. The third-order valence-electron chi connectivity index (χ3n) is 4.96. The molecule has 0 aliphatic carbocycles. The fraction of sp³-hybridized carbons (Fsp3) is 0.348. The number of nitrogens with zero attached hydrogens (tertiary/aromatic N) is 1. The van der Waals surface area contributed by atoms with Crippen LogP contribution in [0.2, 0.25) is 0 Å². The lowest BCUT2D eigenvalue weighted by atomic mass is 9.84. The molecule has 1 aliphatic heterocycles. The number of hydrogen-bond donors (Lipinski definition) is 1. The van der Waals surface area contributed by atoms with Gasteiger partial charge in [0.25, 0.3) is 0 Å². The summed E-state index contributed by atoms with van der Waals surface area (Å²) in [4.78, 5) is 4.81. The Morgan fingerprint density at radius 1 is 1.12 bits per heavy atom. The van der Waals surface area contributed by atoms with Crippen LogP contribution in [-0.2, 0) is 0 Å². The highest BCUT2D eigenvalue weighted by Crippen LogP contribution is 2.37. The Hall–Kier alpha value is -2.39. The van der Waals surface area contributed by atoms with Crippen LogP contribution >= 0.6 is 0 Å². The van der Waals surface area contributed by atoms with Gasteiger partial charge < -0.3 is 10.5 Å². The van der Waals surface area contributed by atoms with Crippen molar-refractivity contribution in [2.75, 3.05) is 13.2 Å². The van der Waals surface area contributed by atoms with Crippen molar-refractivity contribution in [2.45, 2.75) is 39.0 Å². The van der Waals surface area contributed by atoms with Gasteiger partial charge in [-0.1, -0.05) is 36.4 Å². The number of nitrogens with two attached hydrogens (primary N) is 1. The molecule has 1 unspecified atom stereocenters. The standard InChI is InChI=1S/C23H28N2O/c1-17-8-6-11-21(18(17)2)23(22-12-4-3-5-14-25-22)19-9-7-10-20(16-19)26-15-13-24/h6-12,14,16,23H,3-5,13,15,24H2,1-2H3. The number of allylic oxidation sites excluding steroid dienone is 2. The number of ether oxygens (including phenoxy) is 1. The van der Waals surface area contributed by atoms with Crippen molar-refractivity contribution in [1.82, 2.24) is 0 Å². The van der Waals surface area contributed by atoms with E-state index in [4.69, 9.17) is 15.5 Å². The molecule has 3 rings (SSSR count). The van der Waals surface area contributed by atoms with Crippen LogP contribution in [-0.4, -0.2) is 19.4 Å². The summed E-state index contributed by atoms with van der Waals surface area (Å²) < 4.78 is 5.76. The SMILES string of the molecule is Cc1cccc(C(C2=CCCCC=N2)c2cccc(OCCN)c2)c1C. The first kappa shape index (κ1) is 18.4. The minimum Gasteiger partial charge on any atom is -0.492 e. The summed E-state index contributed by atoms with van der Waals surface area (Å²) in [7, 11) is 0. The molecule has 1 aliphatic rings. The minimum absolute atomic E-state index is 0.116. The minimum atomic E-state index is 0.116. The average Bonchev–Trinajstić information content (AvgIpc) is 2.93. The lowest BCUT2D eigenvalue weighted by Gasteiger charge is -2.22. The Balaban J connectivity index is 2.09. The summed E-state index contributed by atoms with van der Waals surface area (Å²) in [5, 5.41) is 0. The average molecular weight is 348 g/mol. The molecule has 3 heteroatoms. The molecule has 2 aromatic rings. The van der Waals surface area contributed by atoms with Crippen LogP contribution in [0.4, 0.5) is 0 Å². The van der Waals surface area contributed by atoms with Gasteiger partial charge >= 0.3 is 0 Å².